The molecule has 2 amide bonds. The number of carbonyl (C=O) groups is 2. The van der Waals surface area contributed by atoms with E-state index >= 15 is 0 Å². The molecule has 158 valence electrons. The SMILES string of the molecule is O=C(Nc1ccnc(NC(=O)[C@H]2C[C@H]2F)c1)c1c(Cl)cc(CCCC2CC2)cc1Cl. The van der Waals surface area contributed by atoms with Crippen molar-refractivity contribution in [3.05, 3.63) is 51.6 Å². The van der Waals surface area contributed by atoms with Crippen molar-refractivity contribution in [1.82, 2.24) is 4.98 Å². The summed E-state index contributed by atoms with van der Waals surface area (Å²) in [7, 11) is 0. The zero-order valence-corrected chi connectivity index (χ0v) is 17.8. The van der Waals surface area contributed by atoms with Crippen LogP contribution in [0, 0.1) is 11.8 Å². The number of anilines is 2. The van der Waals surface area contributed by atoms with Crippen LogP contribution in [-0.4, -0.2) is 23.0 Å². The maximum atomic E-state index is 13.0. The van der Waals surface area contributed by atoms with Crippen molar-refractivity contribution in [1.29, 1.82) is 0 Å². The summed E-state index contributed by atoms with van der Waals surface area (Å²) in [5.41, 5.74) is 1.63. The third-order valence-corrected chi connectivity index (χ3v) is 6.02. The maximum Gasteiger partial charge on any atom is 0.258 e. The van der Waals surface area contributed by atoms with Gasteiger partial charge in [-0.05, 0) is 48.9 Å². The minimum Gasteiger partial charge on any atom is -0.322 e. The third-order valence-electron chi connectivity index (χ3n) is 5.42. The van der Waals surface area contributed by atoms with Gasteiger partial charge in [0.25, 0.3) is 5.91 Å². The number of pyridine rings is 1. The standard InChI is InChI=1S/C22H22Cl2FN3O2/c23-16-8-13(3-1-2-12-4-5-12)9-17(24)20(16)22(30)27-14-6-7-26-19(10-14)28-21(29)15-11-18(15)25/h6-10,12,15,18H,1-5,11H2,(H2,26,27,28,29,30)/t15-,18+/m0/s1. The van der Waals surface area contributed by atoms with Gasteiger partial charge >= 0.3 is 0 Å². The highest BCUT2D eigenvalue weighted by atomic mass is 35.5. The largest absolute Gasteiger partial charge is 0.322 e. The van der Waals surface area contributed by atoms with Gasteiger partial charge in [0, 0.05) is 18.0 Å². The number of hydrogen-bond acceptors (Lipinski definition) is 3. The Balaban J connectivity index is 1.40. The second-order valence-electron chi connectivity index (χ2n) is 8.00. The number of hydrogen-bond donors (Lipinski definition) is 2. The van der Waals surface area contributed by atoms with Crippen molar-refractivity contribution in [2.45, 2.75) is 44.7 Å². The molecule has 4 rings (SSSR count). The first kappa shape index (κ1) is 21.1. The lowest BCUT2D eigenvalue weighted by Crippen LogP contribution is -2.17. The van der Waals surface area contributed by atoms with E-state index in [2.05, 4.69) is 15.6 Å². The van der Waals surface area contributed by atoms with Gasteiger partial charge in [-0.3, -0.25) is 9.59 Å². The molecule has 0 saturated heterocycles. The van der Waals surface area contributed by atoms with Gasteiger partial charge in [0.2, 0.25) is 5.91 Å². The van der Waals surface area contributed by atoms with E-state index in [1.165, 1.54) is 31.5 Å². The van der Waals surface area contributed by atoms with Crippen molar-refractivity contribution in [2.24, 2.45) is 11.8 Å². The Kier molecular flexibility index (Phi) is 6.25. The first-order valence-electron chi connectivity index (χ1n) is 10.1. The molecule has 5 nitrogen and oxygen atoms in total. The first-order chi connectivity index (χ1) is 14.4. The predicted molar refractivity (Wildman–Crippen MR) is 116 cm³/mol. The molecular weight excluding hydrogens is 428 g/mol. The summed E-state index contributed by atoms with van der Waals surface area (Å²) in [6.07, 6.45) is 6.42. The average molecular weight is 450 g/mol. The molecule has 1 aromatic heterocycles. The molecule has 2 aliphatic rings. The van der Waals surface area contributed by atoms with Crippen LogP contribution in [0.5, 0.6) is 0 Å². The number of benzene rings is 1. The van der Waals surface area contributed by atoms with Gasteiger partial charge < -0.3 is 10.6 Å². The van der Waals surface area contributed by atoms with Crippen LogP contribution in [0.2, 0.25) is 10.0 Å². The molecular formula is C22H22Cl2FN3O2. The van der Waals surface area contributed by atoms with E-state index in [1.807, 2.05) is 0 Å². The molecule has 0 radical (unpaired) electrons. The normalized spacial score (nSPS) is 20.0. The number of halogens is 3. The summed E-state index contributed by atoms with van der Waals surface area (Å²) >= 11 is 12.7. The van der Waals surface area contributed by atoms with E-state index in [1.54, 1.807) is 18.2 Å². The molecule has 2 atom stereocenters. The topological polar surface area (TPSA) is 71.1 Å². The maximum absolute atomic E-state index is 13.0. The Morgan fingerprint density at radius 3 is 2.47 bits per heavy atom. The summed E-state index contributed by atoms with van der Waals surface area (Å²) in [6, 6.07) is 6.66. The molecule has 2 saturated carbocycles. The summed E-state index contributed by atoms with van der Waals surface area (Å²) in [6.45, 7) is 0. The fourth-order valence-electron chi connectivity index (χ4n) is 3.41. The van der Waals surface area contributed by atoms with Gasteiger partial charge in [-0.2, -0.15) is 0 Å². The molecule has 0 bridgehead atoms. The molecule has 8 heteroatoms. The third kappa shape index (κ3) is 5.29. The van der Waals surface area contributed by atoms with Gasteiger partial charge in [0.1, 0.15) is 12.0 Å². The van der Waals surface area contributed by atoms with Crippen LogP contribution >= 0.6 is 23.2 Å². The molecule has 1 aromatic carbocycles. The molecule has 2 N–H and O–H groups in total. The van der Waals surface area contributed by atoms with E-state index in [0.29, 0.717) is 15.7 Å². The van der Waals surface area contributed by atoms with Crippen LogP contribution < -0.4 is 10.6 Å². The molecule has 30 heavy (non-hydrogen) atoms. The predicted octanol–water partition coefficient (Wildman–Crippen LogP) is 5.67. The Labute approximate surface area is 184 Å². The number of aromatic nitrogens is 1. The Morgan fingerprint density at radius 2 is 1.83 bits per heavy atom. The lowest BCUT2D eigenvalue weighted by atomic mass is 10.0. The molecule has 0 spiro atoms. The number of alkyl halides is 1. The Hall–Kier alpha value is -2.18. The highest BCUT2D eigenvalue weighted by Gasteiger charge is 2.43. The molecule has 0 aliphatic heterocycles. The Bertz CT molecular complexity index is 958. The average Bonchev–Trinajstić information content (AvgIpc) is 3.59. The summed E-state index contributed by atoms with van der Waals surface area (Å²) < 4.78 is 13.0. The van der Waals surface area contributed by atoms with Gasteiger partial charge in [-0.15, -0.1) is 0 Å². The fourth-order valence-corrected chi connectivity index (χ4v) is 4.12. The number of nitrogens with zero attached hydrogens (tertiary/aromatic N) is 1. The lowest BCUT2D eigenvalue weighted by molar-refractivity contribution is -0.117. The molecule has 2 aliphatic carbocycles. The zero-order chi connectivity index (χ0) is 21.3. The second-order valence-corrected chi connectivity index (χ2v) is 8.82. The number of aryl methyl sites for hydroxylation is 1. The van der Waals surface area contributed by atoms with Gasteiger partial charge in [0.05, 0.1) is 21.5 Å². The quantitative estimate of drug-likeness (QED) is 0.545. The highest BCUT2D eigenvalue weighted by Crippen LogP contribution is 2.35. The van der Waals surface area contributed by atoms with Crippen molar-refractivity contribution in [3.63, 3.8) is 0 Å². The number of nitrogens with one attached hydrogen (secondary N) is 2. The second kappa shape index (κ2) is 8.90. The lowest BCUT2D eigenvalue weighted by Gasteiger charge is -2.12. The monoisotopic (exact) mass is 449 g/mol. The molecule has 1 heterocycles. The van der Waals surface area contributed by atoms with Gasteiger partial charge in [-0.1, -0.05) is 42.5 Å². The van der Waals surface area contributed by atoms with Crippen LogP contribution in [0.15, 0.2) is 30.5 Å². The van der Waals surface area contributed by atoms with Crippen LogP contribution in [0.25, 0.3) is 0 Å². The fraction of sp³-hybridized carbons (Fsp3) is 0.409. The number of amides is 2. The van der Waals surface area contributed by atoms with E-state index in [9.17, 15) is 14.0 Å². The van der Waals surface area contributed by atoms with Crippen LogP contribution in [-0.2, 0) is 11.2 Å². The van der Waals surface area contributed by atoms with Crippen molar-refractivity contribution >= 4 is 46.5 Å². The van der Waals surface area contributed by atoms with Gasteiger partial charge in [-0.25, -0.2) is 9.37 Å². The molecule has 0 unspecified atom stereocenters. The van der Waals surface area contributed by atoms with Crippen LogP contribution in [0.3, 0.4) is 0 Å². The summed E-state index contributed by atoms with van der Waals surface area (Å²) in [5, 5.41) is 5.87. The minimum absolute atomic E-state index is 0.199. The van der Waals surface area contributed by atoms with E-state index < -0.39 is 23.9 Å². The van der Waals surface area contributed by atoms with Crippen LogP contribution in [0.4, 0.5) is 15.9 Å². The highest BCUT2D eigenvalue weighted by molar-refractivity contribution is 6.40. The number of rotatable bonds is 8. The van der Waals surface area contributed by atoms with Crippen molar-refractivity contribution in [3.8, 4) is 0 Å². The summed E-state index contributed by atoms with van der Waals surface area (Å²) in [4.78, 5) is 28.6. The van der Waals surface area contributed by atoms with Gasteiger partial charge in [0.15, 0.2) is 0 Å². The van der Waals surface area contributed by atoms with E-state index in [4.69, 9.17) is 23.2 Å². The number of carbonyl (C=O) groups excluding carboxylic acids is 2. The Morgan fingerprint density at radius 1 is 1.13 bits per heavy atom. The van der Waals surface area contributed by atoms with Crippen molar-refractivity contribution < 1.29 is 14.0 Å². The minimum atomic E-state index is -1.09. The zero-order valence-electron chi connectivity index (χ0n) is 16.3. The molecule has 2 fully saturated rings. The molecule has 2 aromatic rings. The van der Waals surface area contributed by atoms with E-state index in [-0.39, 0.29) is 17.8 Å². The first-order valence-corrected chi connectivity index (χ1v) is 10.9. The van der Waals surface area contributed by atoms with E-state index in [0.717, 1.165) is 24.3 Å². The summed E-state index contributed by atoms with van der Waals surface area (Å²) in [5.74, 6) is -0.380. The van der Waals surface area contributed by atoms with Crippen LogP contribution in [0.1, 0.15) is 48.0 Å². The smallest absolute Gasteiger partial charge is 0.258 e. The van der Waals surface area contributed by atoms with Crippen molar-refractivity contribution in [2.75, 3.05) is 10.6 Å².